The van der Waals surface area contributed by atoms with Crippen molar-refractivity contribution >= 4 is 33.3 Å². The normalized spacial score (nSPS) is 12.2. The van der Waals surface area contributed by atoms with Crippen LogP contribution >= 0.6 is 21.6 Å². The predicted octanol–water partition coefficient (Wildman–Crippen LogP) is 0.583. The smallest absolute Gasteiger partial charge is 0.238 e. The number of ketones is 1. The second-order valence-corrected chi connectivity index (χ2v) is 5.17. The van der Waals surface area contributed by atoms with Crippen LogP contribution in [0.15, 0.2) is 0 Å². The number of amides is 1. The second kappa shape index (κ2) is 7.23. The second-order valence-electron chi connectivity index (χ2n) is 2.56. The van der Waals surface area contributed by atoms with Gasteiger partial charge in [0.1, 0.15) is 5.78 Å². The Morgan fingerprint density at radius 3 is 2.54 bits per heavy atom. The van der Waals surface area contributed by atoms with Crippen LogP contribution in [0.25, 0.3) is 0 Å². The summed E-state index contributed by atoms with van der Waals surface area (Å²) in [6.45, 7) is 1.47. The quantitative estimate of drug-likeness (QED) is 0.298. The monoisotopic (exact) mass is 222 g/mol. The third-order valence-corrected chi connectivity index (χ3v) is 3.32. The Labute approximate surface area is 85.8 Å². The van der Waals surface area contributed by atoms with Gasteiger partial charge in [0.2, 0.25) is 5.91 Å². The average Bonchev–Trinajstić information content (AvgIpc) is 2.10. The van der Waals surface area contributed by atoms with Gasteiger partial charge in [-0.1, -0.05) is 21.6 Å². The molecule has 0 aliphatic carbocycles. The summed E-state index contributed by atoms with van der Waals surface area (Å²) in [5, 5.41) is 0. The van der Waals surface area contributed by atoms with Gasteiger partial charge in [-0.05, 0) is 13.2 Å². The number of hydrogen-bond donors (Lipinski definition) is 2. The summed E-state index contributed by atoms with van der Waals surface area (Å²) in [4.78, 5) is 21.9. The van der Waals surface area contributed by atoms with Crippen molar-refractivity contribution < 1.29 is 9.59 Å². The van der Waals surface area contributed by atoms with E-state index in [-0.39, 0.29) is 24.0 Å². The highest BCUT2D eigenvalue weighted by molar-refractivity contribution is 8.76. The van der Waals surface area contributed by atoms with Crippen LogP contribution in [0.5, 0.6) is 0 Å². The highest BCUT2D eigenvalue weighted by atomic mass is 33.1. The van der Waals surface area contributed by atoms with E-state index in [1.54, 1.807) is 21.6 Å². The van der Waals surface area contributed by atoms with Crippen molar-refractivity contribution in [3.63, 3.8) is 0 Å². The molecule has 0 saturated carbocycles. The molecule has 0 saturated heterocycles. The number of carbonyl (C=O) groups excluding carboxylic acids is 2. The van der Waals surface area contributed by atoms with Gasteiger partial charge in [0.15, 0.2) is 0 Å². The molecule has 13 heavy (non-hydrogen) atoms. The molecule has 1 atom stereocenters. The molecule has 0 radical (unpaired) electrons. The minimum Gasteiger partial charge on any atom is -0.300 e. The zero-order chi connectivity index (χ0) is 10.3. The van der Waals surface area contributed by atoms with E-state index in [2.05, 4.69) is 5.43 Å². The maximum absolute atomic E-state index is 11.1. The van der Waals surface area contributed by atoms with E-state index in [0.717, 1.165) is 0 Å². The maximum atomic E-state index is 11.1. The van der Waals surface area contributed by atoms with Crippen LogP contribution in [0, 0.1) is 5.92 Å². The lowest BCUT2D eigenvalue weighted by Gasteiger charge is -2.11. The summed E-state index contributed by atoms with van der Waals surface area (Å²) < 4.78 is 0. The van der Waals surface area contributed by atoms with Crippen LogP contribution in [0.3, 0.4) is 0 Å². The minimum atomic E-state index is -0.306. The Bertz CT molecular complexity index is 187. The number of hydrogen-bond acceptors (Lipinski definition) is 5. The molecule has 0 aliphatic rings. The number of hydrazine groups is 1. The highest BCUT2D eigenvalue weighted by Crippen LogP contribution is 2.22. The van der Waals surface area contributed by atoms with Gasteiger partial charge in [0.05, 0.1) is 5.92 Å². The summed E-state index contributed by atoms with van der Waals surface area (Å²) in [6.07, 6.45) is 2.19. The summed E-state index contributed by atoms with van der Waals surface area (Å²) in [6, 6.07) is 0. The first kappa shape index (κ1) is 12.8. The van der Waals surface area contributed by atoms with Crippen molar-refractivity contribution in [1.29, 1.82) is 0 Å². The Kier molecular flexibility index (Phi) is 7.12. The lowest BCUT2D eigenvalue weighted by Crippen LogP contribution is -2.37. The van der Waals surface area contributed by atoms with Crippen LogP contribution in [-0.2, 0) is 9.59 Å². The zero-order valence-corrected chi connectivity index (χ0v) is 9.33. The molecule has 4 nitrogen and oxygen atoms in total. The van der Waals surface area contributed by atoms with E-state index in [1.165, 1.54) is 6.92 Å². The molecule has 0 heterocycles. The number of rotatable bonds is 6. The molecule has 0 aromatic rings. The van der Waals surface area contributed by atoms with Crippen molar-refractivity contribution in [2.24, 2.45) is 11.8 Å². The fourth-order valence-electron chi connectivity index (χ4n) is 0.842. The number of Topliss-reactive ketones (excluding diaryl/α,β-unsaturated/α-hetero) is 1. The Morgan fingerprint density at radius 1 is 1.54 bits per heavy atom. The van der Waals surface area contributed by atoms with E-state index in [4.69, 9.17) is 5.84 Å². The SMILES string of the molecule is CSSCC(CC(C)=O)C(=O)NN. The largest absolute Gasteiger partial charge is 0.300 e. The number of nitrogens with two attached hydrogens (primary N) is 1. The fraction of sp³-hybridized carbons (Fsp3) is 0.714. The molecule has 76 valence electrons. The van der Waals surface area contributed by atoms with Crippen LogP contribution in [0.1, 0.15) is 13.3 Å². The van der Waals surface area contributed by atoms with Gasteiger partial charge < -0.3 is 4.79 Å². The number of nitrogens with one attached hydrogen (secondary N) is 1. The summed E-state index contributed by atoms with van der Waals surface area (Å²) in [5.74, 6) is 5.05. The van der Waals surface area contributed by atoms with E-state index in [1.807, 2.05) is 6.26 Å². The van der Waals surface area contributed by atoms with Gasteiger partial charge in [0, 0.05) is 12.2 Å². The van der Waals surface area contributed by atoms with E-state index < -0.39 is 0 Å². The van der Waals surface area contributed by atoms with Crippen LogP contribution in [0.2, 0.25) is 0 Å². The Morgan fingerprint density at radius 2 is 2.15 bits per heavy atom. The van der Waals surface area contributed by atoms with E-state index >= 15 is 0 Å². The molecule has 0 aromatic carbocycles. The van der Waals surface area contributed by atoms with Crippen molar-refractivity contribution in [1.82, 2.24) is 5.43 Å². The summed E-state index contributed by atoms with van der Waals surface area (Å²) in [7, 11) is 3.12. The van der Waals surface area contributed by atoms with Crippen LogP contribution in [0.4, 0.5) is 0 Å². The summed E-state index contributed by atoms with van der Waals surface area (Å²) >= 11 is 0. The van der Waals surface area contributed by atoms with Gasteiger partial charge in [-0.3, -0.25) is 10.2 Å². The van der Waals surface area contributed by atoms with Crippen LogP contribution < -0.4 is 11.3 Å². The van der Waals surface area contributed by atoms with Crippen molar-refractivity contribution in [2.45, 2.75) is 13.3 Å². The molecular weight excluding hydrogens is 208 g/mol. The fourth-order valence-corrected chi connectivity index (χ4v) is 2.31. The first-order chi connectivity index (χ1) is 6.11. The molecule has 6 heteroatoms. The predicted molar refractivity (Wildman–Crippen MR) is 57.1 cm³/mol. The minimum absolute atomic E-state index is 0.00954. The molecule has 0 aliphatic heterocycles. The molecule has 3 N–H and O–H groups in total. The molecule has 1 unspecified atom stereocenters. The van der Waals surface area contributed by atoms with E-state index in [9.17, 15) is 9.59 Å². The van der Waals surface area contributed by atoms with Crippen molar-refractivity contribution in [3.05, 3.63) is 0 Å². The Balaban J connectivity index is 4.02. The van der Waals surface area contributed by atoms with Crippen LogP contribution in [-0.4, -0.2) is 23.7 Å². The molecule has 0 fully saturated rings. The molecule has 1 amide bonds. The average molecular weight is 222 g/mol. The van der Waals surface area contributed by atoms with Crippen molar-refractivity contribution in [2.75, 3.05) is 12.0 Å². The molecular formula is C7H14N2O2S2. The van der Waals surface area contributed by atoms with E-state index in [0.29, 0.717) is 5.75 Å². The molecule has 0 bridgehead atoms. The van der Waals surface area contributed by atoms with Gasteiger partial charge in [-0.2, -0.15) is 0 Å². The maximum Gasteiger partial charge on any atom is 0.238 e. The molecule has 0 rings (SSSR count). The first-order valence-electron chi connectivity index (χ1n) is 3.77. The highest BCUT2D eigenvalue weighted by Gasteiger charge is 2.19. The van der Waals surface area contributed by atoms with Gasteiger partial charge >= 0.3 is 0 Å². The molecule has 0 spiro atoms. The first-order valence-corrected chi connectivity index (χ1v) is 6.50. The number of carbonyl (C=O) groups is 2. The van der Waals surface area contributed by atoms with Gasteiger partial charge in [0.25, 0.3) is 0 Å². The lowest BCUT2D eigenvalue weighted by molar-refractivity contribution is -0.128. The van der Waals surface area contributed by atoms with Gasteiger partial charge in [-0.25, -0.2) is 5.84 Å². The molecule has 0 aromatic heterocycles. The Hall–Kier alpha value is -0.200. The topological polar surface area (TPSA) is 72.2 Å². The lowest BCUT2D eigenvalue weighted by atomic mass is 10.1. The van der Waals surface area contributed by atoms with Crippen molar-refractivity contribution in [3.8, 4) is 0 Å². The van der Waals surface area contributed by atoms with Gasteiger partial charge in [-0.15, -0.1) is 0 Å². The third kappa shape index (κ3) is 5.95. The third-order valence-electron chi connectivity index (χ3n) is 1.43. The summed E-state index contributed by atoms with van der Waals surface area (Å²) in [5.41, 5.74) is 2.07. The zero-order valence-electron chi connectivity index (χ0n) is 7.70. The standard InChI is InChI=1S/C7H14N2O2S2/c1-5(10)3-6(4-13-12-2)7(11)9-8/h6H,3-4,8H2,1-2H3,(H,9,11).